The fourth-order valence-electron chi connectivity index (χ4n) is 3.38. The lowest BCUT2D eigenvalue weighted by atomic mass is 9.98. The van der Waals surface area contributed by atoms with Crippen molar-refractivity contribution in [3.8, 4) is 11.1 Å². The van der Waals surface area contributed by atoms with Gasteiger partial charge >= 0.3 is 5.97 Å². The minimum atomic E-state index is -3.38. The first-order valence-electron chi connectivity index (χ1n) is 9.16. The van der Waals surface area contributed by atoms with Gasteiger partial charge in [-0.2, -0.15) is 0 Å². The summed E-state index contributed by atoms with van der Waals surface area (Å²) in [5.74, 6) is -1.61. The SMILES string of the molecule is CCOC(=O)c1[nH]c2c(C(C)N)cccc2c1-c1ccc(CS(C)(=O)=O)c(F)c1. The molecule has 6 nitrogen and oxygen atoms in total. The van der Waals surface area contributed by atoms with Crippen LogP contribution in [0.25, 0.3) is 22.0 Å². The number of nitrogens with one attached hydrogen (secondary N) is 1. The standard InChI is InChI=1S/C21H23FN2O4S/c1-4-28-21(25)20-18(16-7-5-6-15(12(2)23)19(16)24-20)13-8-9-14(17(22)10-13)11-29(3,26)27/h5-10,12,24H,4,11,23H2,1-3H3. The zero-order valence-corrected chi connectivity index (χ0v) is 17.3. The van der Waals surface area contributed by atoms with Crippen molar-refractivity contribution in [2.75, 3.05) is 12.9 Å². The zero-order valence-electron chi connectivity index (χ0n) is 16.5. The highest BCUT2D eigenvalue weighted by Crippen LogP contribution is 2.36. The second kappa shape index (κ2) is 7.96. The third-order valence-electron chi connectivity index (χ3n) is 4.60. The maximum atomic E-state index is 14.6. The third kappa shape index (κ3) is 4.33. The number of sulfone groups is 1. The molecule has 1 atom stereocenters. The van der Waals surface area contributed by atoms with E-state index in [9.17, 15) is 17.6 Å². The van der Waals surface area contributed by atoms with Gasteiger partial charge in [-0.1, -0.05) is 30.3 Å². The van der Waals surface area contributed by atoms with Crippen LogP contribution >= 0.6 is 0 Å². The average Bonchev–Trinajstić information content (AvgIpc) is 3.02. The fourth-order valence-corrected chi connectivity index (χ4v) is 4.18. The molecule has 1 aromatic heterocycles. The first kappa shape index (κ1) is 21.0. The number of carbonyl (C=O) groups is 1. The summed E-state index contributed by atoms with van der Waals surface area (Å²) < 4.78 is 42.8. The second-order valence-electron chi connectivity index (χ2n) is 7.03. The van der Waals surface area contributed by atoms with E-state index in [1.165, 1.54) is 12.1 Å². The average molecular weight is 418 g/mol. The summed E-state index contributed by atoms with van der Waals surface area (Å²) >= 11 is 0. The largest absolute Gasteiger partial charge is 0.461 e. The number of fused-ring (bicyclic) bond motifs is 1. The molecule has 2 aromatic carbocycles. The molecule has 0 radical (unpaired) electrons. The maximum Gasteiger partial charge on any atom is 0.355 e. The Morgan fingerprint density at radius 2 is 2.00 bits per heavy atom. The number of nitrogens with two attached hydrogens (primary N) is 1. The Kier molecular flexibility index (Phi) is 5.77. The summed E-state index contributed by atoms with van der Waals surface area (Å²) in [6, 6.07) is 9.49. The summed E-state index contributed by atoms with van der Waals surface area (Å²) in [6.45, 7) is 3.72. The number of hydrogen-bond acceptors (Lipinski definition) is 5. The molecule has 29 heavy (non-hydrogen) atoms. The van der Waals surface area contributed by atoms with Crippen molar-refractivity contribution in [1.82, 2.24) is 4.98 Å². The van der Waals surface area contributed by atoms with Crippen molar-refractivity contribution in [3.05, 3.63) is 59.0 Å². The van der Waals surface area contributed by atoms with Gasteiger partial charge in [0.1, 0.15) is 11.5 Å². The van der Waals surface area contributed by atoms with Gasteiger partial charge in [0.25, 0.3) is 0 Å². The summed E-state index contributed by atoms with van der Waals surface area (Å²) in [5.41, 5.74) is 8.76. The van der Waals surface area contributed by atoms with Crippen LogP contribution in [0.1, 0.15) is 41.5 Å². The van der Waals surface area contributed by atoms with Crippen LogP contribution in [0.15, 0.2) is 36.4 Å². The van der Waals surface area contributed by atoms with Crippen LogP contribution in [0.5, 0.6) is 0 Å². The second-order valence-corrected chi connectivity index (χ2v) is 9.17. The highest BCUT2D eigenvalue weighted by atomic mass is 32.2. The van der Waals surface area contributed by atoms with E-state index in [2.05, 4.69) is 4.98 Å². The number of carbonyl (C=O) groups excluding carboxylic acids is 1. The lowest BCUT2D eigenvalue weighted by Gasteiger charge is -2.09. The fraction of sp³-hybridized carbons (Fsp3) is 0.286. The molecule has 1 unspecified atom stereocenters. The molecule has 0 aliphatic rings. The molecule has 154 valence electrons. The van der Waals surface area contributed by atoms with E-state index < -0.39 is 27.4 Å². The van der Waals surface area contributed by atoms with Crippen LogP contribution in [-0.4, -0.2) is 32.2 Å². The molecule has 0 saturated heterocycles. The zero-order chi connectivity index (χ0) is 21.3. The Bertz CT molecular complexity index is 1180. The molecule has 3 aromatic rings. The topological polar surface area (TPSA) is 102 Å². The quantitative estimate of drug-likeness (QED) is 0.594. The third-order valence-corrected chi connectivity index (χ3v) is 5.43. The lowest BCUT2D eigenvalue weighted by Crippen LogP contribution is -2.07. The number of H-pyrrole nitrogens is 1. The number of hydrogen-bond donors (Lipinski definition) is 2. The normalized spacial score (nSPS) is 12.9. The minimum absolute atomic E-state index is 0.0741. The Balaban J connectivity index is 2.25. The van der Waals surface area contributed by atoms with Gasteiger partial charge in [0, 0.05) is 28.8 Å². The van der Waals surface area contributed by atoms with Gasteiger partial charge in [0.2, 0.25) is 0 Å². The van der Waals surface area contributed by atoms with Crippen LogP contribution in [-0.2, 0) is 20.3 Å². The predicted octanol–water partition coefficient (Wildman–Crippen LogP) is 3.72. The van der Waals surface area contributed by atoms with Crippen molar-refractivity contribution in [3.63, 3.8) is 0 Å². The minimum Gasteiger partial charge on any atom is -0.461 e. The van der Waals surface area contributed by atoms with E-state index >= 15 is 0 Å². The number of aromatic nitrogens is 1. The molecule has 0 bridgehead atoms. The Labute approximate surface area is 168 Å². The predicted molar refractivity (Wildman–Crippen MR) is 111 cm³/mol. The molecule has 0 aliphatic heterocycles. The molecular weight excluding hydrogens is 395 g/mol. The number of benzene rings is 2. The van der Waals surface area contributed by atoms with Gasteiger partial charge in [-0.3, -0.25) is 0 Å². The van der Waals surface area contributed by atoms with E-state index in [0.717, 1.165) is 11.8 Å². The lowest BCUT2D eigenvalue weighted by molar-refractivity contribution is 0.0521. The van der Waals surface area contributed by atoms with Gasteiger partial charge in [-0.05, 0) is 31.0 Å². The number of halogens is 1. The Morgan fingerprint density at radius 1 is 1.28 bits per heavy atom. The highest BCUT2D eigenvalue weighted by Gasteiger charge is 2.23. The van der Waals surface area contributed by atoms with Crippen LogP contribution < -0.4 is 5.73 Å². The molecule has 0 amide bonds. The molecule has 0 aliphatic carbocycles. The van der Waals surface area contributed by atoms with Crippen molar-refractivity contribution in [1.29, 1.82) is 0 Å². The van der Waals surface area contributed by atoms with E-state index in [1.807, 2.05) is 25.1 Å². The van der Waals surface area contributed by atoms with Crippen LogP contribution in [0.2, 0.25) is 0 Å². The van der Waals surface area contributed by atoms with Crippen molar-refractivity contribution in [2.45, 2.75) is 25.6 Å². The van der Waals surface area contributed by atoms with Crippen LogP contribution in [0.4, 0.5) is 4.39 Å². The van der Waals surface area contributed by atoms with Crippen LogP contribution in [0.3, 0.4) is 0 Å². The summed E-state index contributed by atoms with van der Waals surface area (Å²) in [6.07, 6.45) is 1.05. The number of para-hydroxylation sites is 1. The van der Waals surface area contributed by atoms with E-state index in [4.69, 9.17) is 10.5 Å². The molecular formula is C21H23FN2O4S. The first-order valence-corrected chi connectivity index (χ1v) is 11.2. The van der Waals surface area contributed by atoms with Gasteiger partial charge in [0.05, 0.1) is 17.9 Å². The van der Waals surface area contributed by atoms with E-state index in [1.54, 1.807) is 13.0 Å². The van der Waals surface area contributed by atoms with Crippen molar-refractivity contribution < 1.29 is 22.3 Å². The molecule has 8 heteroatoms. The van der Waals surface area contributed by atoms with Gasteiger partial charge in [-0.15, -0.1) is 0 Å². The van der Waals surface area contributed by atoms with Gasteiger partial charge in [-0.25, -0.2) is 17.6 Å². The monoisotopic (exact) mass is 418 g/mol. The number of esters is 1. The number of ether oxygens (including phenoxy) is 1. The Hall–Kier alpha value is -2.71. The van der Waals surface area contributed by atoms with Crippen molar-refractivity contribution >= 4 is 26.7 Å². The van der Waals surface area contributed by atoms with Gasteiger partial charge < -0.3 is 15.5 Å². The van der Waals surface area contributed by atoms with Gasteiger partial charge in [0.15, 0.2) is 9.84 Å². The molecule has 3 N–H and O–H groups in total. The molecule has 3 rings (SSSR count). The summed E-state index contributed by atoms with van der Waals surface area (Å²) in [7, 11) is -3.38. The molecule has 1 heterocycles. The maximum absolute atomic E-state index is 14.6. The first-order chi connectivity index (χ1) is 13.6. The Morgan fingerprint density at radius 3 is 2.59 bits per heavy atom. The molecule has 0 spiro atoms. The van der Waals surface area contributed by atoms with Crippen molar-refractivity contribution in [2.24, 2.45) is 5.73 Å². The van der Waals surface area contributed by atoms with E-state index in [0.29, 0.717) is 22.0 Å². The summed E-state index contributed by atoms with van der Waals surface area (Å²) in [5, 5.41) is 0.707. The number of aromatic amines is 1. The molecule has 0 saturated carbocycles. The smallest absolute Gasteiger partial charge is 0.355 e. The number of rotatable bonds is 6. The highest BCUT2D eigenvalue weighted by molar-refractivity contribution is 7.89. The van der Waals surface area contributed by atoms with Crippen LogP contribution in [0, 0.1) is 5.82 Å². The van der Waals surface area contributed by atoms with E-state index in [-0.39, 0.29) is 23.9 Å². The molecule has 0 fully saturated rings. The summed E-state index contributed by atoms with van der Waals surface area (Å²) in [4.78, 5) is 15.7.